The fourth-order valence-electron chi connectivity index (χ4n) is 1.85. The average molecular weight is 348 g/mol. The SMILES string of the molecule is CCCCOCCC(C)(CCOCCCC)OC(=O)NNC(=O)O. The van der Waals surface area contributed by atoms with Crippen molar-refractivity contribution in [2.45, 2.75) is 64.9 Å². The van der Waals surface area contributed by atoms with Crippen LogP contribution in [-0.4, -0.2) is 49.3 Å². The third-order valence-electron chi connectivity index (χ3n) is 3.45. The molecular weight excluding hydrogens is 316 g/mol. The minimum Gasteiger partial charge on any atom is -0.464 e. The van der Waals surface area contributed by atoms with E-state index >= 15 is 0 Å². The molecule has 2 amide bonds. The standard InChI is InChI=1S/C16H32N2O6/c1-4-6-10-22-12-8-16(3,9-13-23-11-7-5-2)24-15(21)18-17-14(19)20/h17H,4-13H2,1-3H3,(H,18,21)(H,19,20). The molecule has 0 aromatic heterocycles. The first-order valence-electron chi connectivity index (χ1n) is 8.57. The molecule has 0 fully saturated rings. The lowest BCUT2D eigenvalue weighted by atomic mass is 9.99. The molecule has 8 heteroatoms. The zero-order chi connectivity index (χ0) is 18.3. The van der Waals surface area contributed by atoms with Gasteiger partial charge in [0.2, 0.25) is 0 Å². The number of nitrogens with one attached hydrogen (secondary N) is 2. The Labute approximate surface area is 144 Å². The molecule has 0 atom stereocenters. The van der Waals surface area contributed by atoms with E-state index in [4.69, 9.17) is 19.3 Å². The summed E-state index contributed by atoms with van der Waals surface area (Å²) < 4.78 is 16.4. The first-order valence-corrected chi connectivity index (χ1v) is 8.57. The van der Waals surface area contributed by atoms with Gasteiger partial charge in [0.05, 0.1) is 13.2 Å². The number of hydrogen-bond acceptors (Lipinski definition) is 5. The van der Waals surface area contributed by atoms with Gasteiger partial charge in [-0.05, 0) is 19.8 Å². The van der Waals surface area contributed by atoms with E-state index in [-0.39, 0.29) is 0 Å². The van der Waals surface area contributed by atoms with Gasteiger partial charge in [-0.15, -0.1) is 0 Å². The molecule has 0 saturated heterocycles. The molecule has 0 aliphatic rings. The molecule has 0 aromatic carbocycles. The number of amides is 2. The van der Waals surface area contributed by atoms with Crippen molar-refractivity contribution in [2.75, 3.05) is 26.4 Å². The third-order valence-corrected chi connectivity index (χ3v) is 3.45. The van der Waals surface area contributed by atoms with E-state index < -0.39 is 17.8 Å². The highest BCUT2D eigenvalue weighted by Crippen LogP contribution is 2.21. The number of ether oxygens (including phenoxy) is 3. The fourth-order valence-corrected chi connectivity index (χ4v) is 1.85. The Balaban J connectivity index is 4.33. The molecule has 8 nitrogen and oxygen atoms in total. The molecule has 0 aliphatic carbocycles. The van der Waals surface area contributed by atoms with Crippen molar-refractivity contribution < 1.29 is 28.9 Å². The van der Waals surface area contributed by atoms with Crippen molar-refractivity contribution in [2.24, 2.45) is 0 Å². The molecule has 0 aliphatic heterocycles. The summed E-state index contributed by atoms with van der Waals surface area (Å²) in [5, 5.41) is 8.49. The van der Waals surface area contributed by atoms with Gasteiger partial charge in [0.1, 0.15) is 5.60 Å². The maximum absolute atomic E-state index is 11.7. The van der Waals surface area contributed by atoms with E-state index in [1.165, 1.54) is 0 Å². The second kappa shape index (κ2) is 13.9. The molecule has 142 valence electrons. The number of carbonyl (C=O) groups is 2. The lowest BCUT2D eigenvalue weighted by molar-refractivity contribution is -0.0289. The lowest BCUT2D eigenvalue weighted by Gasteiger charge is -2.29. The van der Waals surface area contributed by atoms with Crippen LogP contribution in [0, 0.1) is 0 Å². The highest BCUT2D eigenvalue weighted by Gasteiger charge is 2.29. The minimum atomic E-state index is -1.36. The molecule has 0 bridgehead atoms. The van der Waals surface area contributed by atoms with Gasteiger partial charge in [-0.3, -0.25) is 0 Å². The van der Waals surface area contributed by atoms with Gasteiger partial charge in [-0.25, -0.2) is 20.4 Å². The van der Waals surface area contributed by atoms with Gasteiger partial charge < -0.3 is 19.3 Å². The van der Waals surface area contributed by atoms with Crippen molar-refractivity contribution in [1.29, 1.82) is 0 Å². The number of rotatable bonds is 13. The predicted molar refractivity (Wildman–Crippen MR) is 89.9 cm³/mol. The van der Waals surface area contributed by atoms with Crippen LogP contribution in [0.4, 0.5) is 9.59 Å². The second-order valence-corrected chi connectivity index (χ2v) is 5.83. The second-order valence-electron chi connectivity index (χ2n) is 5.83. The largest absolute Gasteiger partial charge is 0.464 e. The molecule has 0 radical (unpaired) electrons. The zero-order valence-corrected chi connectivity index (χ0v) is 15.1. The molecule has 24 heavy (non-hydrogen) atoms. The summed E-state index contributed by atoms with van der Waals surface area (Å²) in [5.74, 6) is 0. The Morgan fingerprint density at radius 1 is 0.917 bits per heavy atom. The van der Waals surface area contributed by atoms with E-state index in [1.807, 2.05) is 5.43 Å². The van der Waals surface area contributed by atoms with Crippen LogP contribution in [0.2, 0.25) is 0 Å². The van der Waals surface area contributed by atoms with Gasteiger partial charge >= 0.3 is 12.2 Å². The number of carbonyl (C=O) groups excluding carboxylic acids is 1. The van der Waals surface area contributed by atoms with E-state index in [0.717, 1.165) is 25.7 Å². The average Bonchev–Trinajstić information content (AvgIpc) is 2.52. The Kier molecular flexibility index (Phi) is 13.0. The smallest absolute Gasteiger partial charge is 0.426 e. The van der Waals surface area contributed by atoms with Gasteiger partial charge in [-0.1, -0.05) is 26.7 Å². The van der Waals surface area contributed by atoms with Gasteiger partial charge in [0, 0.05) is 26.1 Å². The summed E-state index contributed by atoms with van der Waals surface area (Å²) in [6, 6.07) is 0. The van der Waals surface area contributed by atoms with Crippen molar-refractivity contribution in [3.8, 4) is 0 Å². The highest BCUT2D eigenvalue weighted by atomic mass is 16.6. The van der Waals surface area contributed by atoms with Crippen molar-refractivity contribution >= 4 is 12.2 Å². The summed E-state index contributed by atoms with van der Waals surface area (Å²) in [4.78, 5) is 22.1. The fraction of sp³-hybridized carbons (Fsp3) is 0.875. The minimum absolute atomic E-state index is 0.463. The normalized spacial score (nSPS) is 11.1. The summed E-state index contributed by atoms with van der Waals surface area (Å²) >= 11 is 0. The van der Waals surface area contributed by atoms with E-state index in [0.29, 0.717) is 39.3 Å². The van der Waals surface area contributed by atoms with Crippen LogP contribution in [0.1, 0.15) is 59.3 Å². The topological polar surface area (TPSA) is 106 Å². The molecule has 3 N–H and O–H groups in total. The molecule has 0 aromatic rings. The quantitative estimate of drug-likeness (QED) is 0.349. The van der Waals surface area contributed by atoms with E-state index in [9.17, 15) is 9.59 Å². The Bertz CT molecular complexity index is 337. The Hall–Kier alpha value is -1.54. The number of hydrazine groups is 1. The van der Waals surface area contributed by atoms with Crippen LogP contribution in [0.25, 0.3) is 0 Å². The van der Waals surface area contributed by atoms with Crippen molar-refractivity contribution in [3.63, 3.8) is 0 Å². The maximum Gasteiger partial charge on any atom is 0.426 e. The van der Waals surface area contributed by atoms with Gasteiger partial charge in [0.25, 0.3) is 0 Å². The molecule has 0 unspecified atom stereocenters. The number of carboxylic acid groups (broad SMARTS) is 1. The summed E-state index contributed by atoms with van der Waals surface area (Å²) in [6.45, 7) is 8.24. The molecule has 0 rings (SSSR count). The van der Waals surface area contributed by atoms with Crippen molar-refractivity contribution in [3.05, 3.63) is 0 Å². The maximum atomic E-state index is 11.7. The highest BCUT2D eigenvalue weighted by molar-refractivity contribution is 5.72. The Morgan fingerprint density at radius 3 is 1.83 bits per heavy atom. The van der Waals surface area contributed by atoms with Gasteiger partial charge in [0.15, 0.2) is 0 Å². The van der Waals surface area contributed by atoms with E-state index in [1.54, 1.807) is 12.3 Å². The first-order chi connectivity index (χ1) is 11.4. The molecule has 0 spiro atoms. The van der Waals surface area contributed by atoms with Crippen molar-refractivity contribution in [1.82, 2.24) is 10.9 Å². The number of hydrogen-bond donors (Lipinski definition) is 3. The van der Waals surface area contributed by atoms with Crippen LogP contribution in [-0.2, 0) is 14.2 Å². The summed E-state index contributed by atoms with van der Waals surface area (Å²) in [7, 11) is 0. The Morgan fingerprint density at radius 2 is 1.42 bits per heavy atom. The van der Waals surface area contributed by atoms with Crippen LogP contribution in [0.3, 0.4) is 0 Å². The summed E-state index contributed by atoms with van der Waals surface area (Å²) in [6.07, 6.45) is 2.90. The number of unbranched alkanes of at least 4 members (excludes halogenated alkanes) is 2. The molecule has 0 heterocycles. The van der Waals surface area contributed by atoms with Crippen LogP contribution in [0.15, 0.2) is 0 Å². The third kappa shape index (κ3) is 13.0. The zero-order valence-electron chi connectivity index (χ0n) is 15.1. The molecule has 0 saturated carbocycles. The van der Waals surface area contributed by atoms with E-state index in [2.05, 4.69) is 13.8 Å². The molecular formula is C16H32N2O6. The van der Waals surface area contributed by atoms with Crippen LogP contribution >= 0.6 is 0 Å². The predicted octanol–water partition coefficient (Wildman–Crippen LogP) is 3.07. The monoisotopic (exact) mass is 348 g/mol. The summed E-state index contributed by atoms with van der Waals surface area (Å²) in [5.41, 5.74) is 2.94. The van der Waals surface area contributed by atoms with Crippen LogP contribution < -0.4 is 10.9 Å². The van der Waals surface area contributed by atoms with Crippen LogP contribution in [0.5, 0.6) is 0 Å². The first kappa shape index (κ1) is 22.5. The lowest BCUT2D eigenvalue weighted by Crippen LogP contribution is -2.45. The van der Waals surface area contributed by atoms with Gasteiger partial charge in [-0.2, -0.15) is 0 Å².